The molecule has 0 aromatic rings. The normalized spacial score (nSPS) is 27.6. The summed E-state index contributed by atoms with van der Waals surface area (Å²) < 4.78 is 5.00. The predicted octanol–water partition coefficient (Wildman–Crippen LogP) is -0.562. The molecule has 0 radical (unpaired) electrons. The maximum absolute atomic E-state index is 6.63. The molecule has 9 heavy (non-hydrogen) atoms. The van der Waals surface area contributed by atoms with Crippen LogP contribution in [0.15, 0.2) is 0 Å². The Morgan fingerprint density at radius 2 is 2.56 bits per heavy atom. The van der Waals surface area contributed by atoms with Crippen LogP contribution in [-0.2, 0) is 4.74 Å². The monoisotopic (exact) mass is 127 g/mol. The van der Waals surface area contributed by atoms with Gasteiger partial charge in [-0.1, -0.05) is 0 Å². The van der Waals surface area contributed by atoms with E-state index in [0.29, 0.717) is 19.7 Å². The number of rotatable bonds is 0. The van der Waals surface area contributed by atoms with Crippen molar-refractivity contribution in [2.45, 2.75) is 6.23 Å². The van der Waals surface area contributed by atoms with Crippen molar-refractivity contribution >= 4 is 0 Å². The largest absolute Gasteiger partial charge is 0.359 e. The molecule has 0 amide bonds. The highest BCUT2D eigenvalue weighted by molar-refractivity contribution is 4.68. The van der Waals surface area contributed by atoms with Crippen LogP contribution in [-0.4, -0.2) is 30.9 Å². The summed E-state index contributed by atoms with van der Waals surface area (Å²) in [5.41, 5.74) is 5.39. The van der Waals surface area contributed by atoms with E-state index in [-0.39, 0.29) is 6.23 Å². The molecule has 0 aromatic carbocycles. The molecule has 0 spiro atoms. The van der Waals surface area contributed by atoms with Gasteiger partial charge in [0.05, 0.1) is 6.61 Å². The van der Waals surface area contributed by atoms with Gasteiger partial charge in [-0.3, -0.25) is 0 Å². The maximum atomic E-state index is 6.63. The molecule has 1 saturated heterocycles. The van der Waals surface area contributed by atoms with Crippen LogP contribution >= 0.6 is 0 Å². The Morgan fingerprint density at radius 3 is 3.00 bits per heavy atom. The van der Waals surface area contributed by atoms with E-state index in [1.54, 1.807) is 5.01 Å². The van der Waals surface area contributed by atoms with Crippen LogP contribution in [0.4, 0.5) is 0 Å². The molecule has 50 valence electrons. The van der Waals surface area contributed by atoms with E-state index >= 15 is 0 Å². The van der Waals surface area contributed by atoms with Gasteiger partial charge in [-0.2, -0.15) is 11.5 Å². The zero-order valence-corrected chi connectivity index (χ0v) is 5.08. The summed E-state index contributed by atoms with van der Waals surface area (Å²) in [7, 11) is 0. The number of ether oxygens (including phenoxy) is 1. The fourth-order valence-electron chi connectivity index (χ4n) is 0.752. The highest BCUT2D eigenvalue weighted by atomic mass is 16.5. The lowest BCUT2D eigenvalue weighted by Crippen LogP contribution is -2.43. The summed E-state index contributed by atoms with van der Waals surface area (Å²) in [6.07, 6.45) is -0.271. The summed E-state index contributed by atoms with van der Waals surface area (Å²) in [4.78, 5) is 3.22. The average Bonchev–Trinajstić information content (AvgIpc) is 1.88. The van der Waals surface area contributed by atoms with E-state index in [1.807, 2.05) is 0 Å². The number of nitrogens with zero attached hydrogens (tertiary/aromatic N) is 2. The Labute approximate surface area is 54.0 Å². The second-order valence-corrected chi connectivity index (χ2v) is 1.92. The Morgan fingerprint density at radius 1 is 1.78 bits per heavy atom. The van der Waals surface area contributed by atoms with Gasteiger partial charge in [-0.25, -0.2) is 0 Å². The Balaban J connectivity index is 2.34. The van der Waals surface area contributed by atoms with Gasteiger partial charge in [0, 0.05) is 0 Å². The highest BCUT2D eigenvalue weighted by Crippen LogP contribution is 1.99. The maximum Gasteiger partial charge on any atom is 0.129 e. The zero-order chi connectivity index (χ0) is 6.69. The van der Waals surface area contributed by atoms with Gasteiger partial charge in [0.15, 0.2) is 0 Å². The van der Waals surface area contributed by atoms with E-state index < -0.39 is 0 Å². The molecule has 0 aliphatic carbocycles. The summed E-state index contributed by atoms with van der Waals surface area (Å²) in [6.45, 7) is 8.41. The van der Waals surface area contributed by atoms with Gasteiger partial charge in [-0.15, -0.1) is 5.01 Å². The van der Waals surface area contributed by atoms with Gasteiger partial charge < -0.3 is 10.5 Å². The molecule has 0 saturated carbocycles. The Bertz CT molecular complexity index is 131. The lowest BCUT2D eigenvalue weighted by molar-refractivity contribution is -0.00922. The molecular formula is C5H9N3O. The minimum atomic E-state index is -0.271. The van der Waals surface area contributed by atoms with Gasteiger partial charge >= 0.3 is 0 Å². The number of hydrogen-bond donors (Lipinski definition) is 1. The van der Waals surface area contributed by atoms with E-state index in [1.165, 1.54) is 0 Å². The van der Waals surface area contributed by atoms with Gasteiger partial charge in [0.1, 0.15) is 19.3 Å². The van der Waals surface area contributed by atoms with E-state index in [4.69, 9.17) is 17.0 Å². The minimum Gasteiger partial charge on any atom is -0.359 e. The first-order valence-corrected chi connectivity index (χ1v) is 2.82. The van der Waals surface area contributed by atoms with Crippen molar-refractivity contribution in [3.05, 3.63) is 11.5 Å². The number of hydrogen-bond acceptors (Lipinski definition) is 3. The van der Waals surface area contributed by atoms with Crippen molar-refractivity contribution in [2.24, 2.45) is 5.73 Å². The molecule has 1 atom stereocenters. The summed E-state index contributed by atoms with van der Waals surface area (Å²) >= 11 is 0. The highest BCUT2D eigenvalue weighted by Gasteiger charge is 2.18. The fourth-order valence-corrected chi connectivity index (χ4v) is 0.752. The third-order valence-corrected chi connectivity index (χ3v) is 1.21. The van der Waals surface area contributed by atoms with Gasteiger partial charge in [-0.05, 0) is 0 Å². The molecule has 1 unspecified atom stereocenters. The fraction of sp³-hybridized carbons (Fsp3) is 0.800. The van der Waals surface area contributed by atoms with E-state index in [9.17, 15) is 0 Å². The summed E-state index contributed by atoms with van der Waals surface area (Å²) in [5.74, 6) is 0. The number of nitrogens with two attached hydrogens (primary N) is 1. The van der Waals surface area contributed by atoms with Crippen LogP contribution in [0.1, 0.15) is 0 Å². The second-order valence-electron chi connectivity index (χ2n) is 1.92. The van der Waals surface area contributed by atoms with E-state index in [0.717, 1.165) is 0 Å². The van der Waals surface area contributed by atoms with Gasteiger partial charge in [0.2, 0.25) is 0 Å². The third-order valence-electron chi connectivity index (χ3n) is 1.21. The lowest BCUT2D eigenvalue weighted by Gasteiger charge is -2.21. The summed E-state index contributed by atoms with van der Waals surface area (Å²) in [6, 6.07) is 0. The first kappa shape index (κ1) is 6.33. The topological polar surface area (TPSA) is 42.9 Å². The zero-order valence-electron chi connectivity index (χ0n) is 5.08. The molecule has 1 aliphatic rings. The molecule has 0 bridgehead atoms. The van der Waals surface area contributed by atoms with Crippen LogP contribution in [0.3, 0.4) is 0 Å². The summed E-state index contributed by atoms with van der Waals surface area (Å²) in [5, 5.41) is 1.58. The first-order chi connectivity index (χ1) is 4.33. The molecule has 0 aromatic heterocycles. The van der Waals surface area contributed by atoms with E-state index in [2.05, 4.69) is 4.95 Å². The van der Waals surface area contributed by atoms with Crippen molar-refractivity contribution < 1.29 is 4.74 Å². The average molecular weight is 127 g/mol. The number of morpholine rings is 1. The Hall–Kier alpha value is -0.790. The third kappa shape index (κ3) is 1.56. The van der Waals surface area contributed by atoms with Gasteiger partial charge in [0.25, 0.3) is 0 Å². The molecule has 1 aliphatic heterocycles. The Kier molecular flexibility index (Phi) is 1.88. The van der Waals surface area contributed by atoms with Crippen LogP contribution in [0, 0.1) is 6.57 Å². The van der Waals surface area contributed by atoms with Crippen LogP contribution in [0.25, 0.3) is 4.95 Å². The molecule has 2 N–H and O–H groups in total. The van der Waals surface area contributed by atoms with Crippen molar-refractivity contribution in [2.75, 3.05) is 19.7 Å². The first-order valence-electron chi connectivity index (χ1n) is 2.82. The standard InChI is InChI=1S/C5H9N3O/c1-7-8-2-3-9-5(6)4-8/h5H,2-4,6H2. The van der Waals surface area contributed by atoms with Crippen molar-refractivity contribution in [3.63, 3.8) is 0 Å². The smallest absolute Gasteiger partial charge is 0.129 e. The minimum absolute atomic E-state index is 0.271. The molecular weight excluding hydrogens is 118 g/mol. The lowest BCUT2D eigenvalue weighted by atomic mass is 10.4. The van der Waals surface area contributed by atoms with Crippen molar-refractivity contribution in [3.8, 4) is 0 Å². The molecule has 1 heterocycles. The SMILES string of the molecule is [C-]#[N+]N1CCOC(N)C1. The molecule has 1 rings (SSSR count). The molecule has 1 fully saturated rings. The second kappa shape index (κ2) is 2.67. The van der Waals surface area contributed by atoms with Crippen LogP contribution in [0.5, 0.6) is 0 Å². The van der Waals surface area contributed by atoms with Crippen molar-refractivity contribution in [1.82, 2.24) is 5.01 Å². The predicted molar refractivity (Wildman–Crippen MR) is 32.1 cm³/mol. The molecule has 4 heteroatoms. The van der Waals surface area contributed by atoms with Crippen molar-refractivity contribution in [1.29, 1.82) is 0 Å². The quantitative estimate of drug-likeness (QED) is 0.443. The molecule has 4 nitrogen and oxygen atoms in total. The van der Waals surface area contributed by atoms with Crippen LogP contribution in [0.2, 0.25) is 0 Å². The van der Waals surface area contributed by atoms with Crippen LogP contribution < -0.4 is 5.73 Å².